The van der Waals surface area contributed by atoms with Crippen LogP contribution in [0.15, 0.2) is 30.3 Å². The van der Waals surface area contributed by atoms with E-state index in [1.54, 1.807) is 0 Å². The number of benzene rings is 1. The van der Waals surface area contributed by atoms with Gasteiger partial charge in [-0.25, -0.2) is 13.6 Å². The summed E-state index contributed by atoms with van der Waals surface area (Å²) in [6.07, 6.45) is 0. The summed E-state index contributed by atoms with van der Waals surface area (Å²) >= 11 is 0. The quantitative estimate of drug-likeness (QED) is 0.851. The molecule has 1 fully saturated rings. The van der Waals surface area contributed by atoms with Crippen LogP contribution < -0.4 is 10.1 Å². The van der Waals surface area contributed by atoms with Gasteiger partial charge in [-0.15, -0.1) is 10.2 Å². The molecule has 0 aliphatic carbocycles. The van der Waals surface area contributed by atoms with E-state index in [1.807, 2.05) is 0 Å². The standard InChI is InChI=1S/C16H14F2N4O3/c1-16(13-10(17)4-3-5-11(13)18)14(23)22(15(24)19-16)8-9-6-7-12(25-2)21-20-9/h3-7H,8H2,1-2H3,(H,19,24). The molecule has 1 N–H and O–H groups in total. The van der Waals surface area contributed by atoms with Crippen molar-refractivity contribution in [3.63, 3.8) is 0 Å². The molecule has 9 heteroatoms. The van der Waals surface area contributed by atoms with Crippen LogP contribution in [0.25, 0.3) is 0 Å². The van der Waals surface area contributed by atoms with Gasteiger partial charge in [0.2, 0.25) is 5.88 Å². The third kappa shape index (κ3) is 2.77. The van der Waals surface area contributed by atoms with Crippen LogP contribution in [0.1, 0.15) is 18.2 Å². The Kier molecular flexibility index (Phi) is 4.07. The highest BCUT2D eigenvalue weighted by atomic mass is 19.1. The lowest BCUT2D eigenvalue weighted by molar-refractivity contribution is -0.131. The molecule has 1 aromatic carbocycles. The van der Waals surface area contributed by atoms with Gasteiger partial charge in [-0.3, -0.25) is 9.69 Å². The predicted octanol–water partition coefficient (Wildman–Crippen LogP) is 1.73. The molecule has 2 heterocycles. The van der Waals surface area contributed by atoms with E-state index in [1.165, 1.54) is 32.2 Å². The fourth-order valence-corrected chi connectivity index (χ4v) is 2.69. The Labute approximate surface area is 141 Å². The van der Waals surface area contributed by atoms with Crippen LogP contribution in [0.2, 0.25) is 0 Å². The van der Waals surface area contributed by atoms with E-state index in [0.717, 1.165) is 17.0 Å². The Hall–Kier alpha value is -3.10. The molecule has 0 bridgehead atoms. The van der Waals surface area contributed by atoms with Crippen molar-refractivity contribution < 1.29 is 23.1 Å². The molecule has 1 aromatic heterocycles. The smallest absolute Gasteiger partial charge is 0.325 e. The second-order valence-electron chi connectivity index (χ2n) is 5.61. The maximum Gasteiger partial charge on any atom is 0.325 e. The van der Waals surface area contributed by atoms with E-state index >= 15 is 0 Å². The van der Waals surface area contributed by atoms with Crippen molar-refractivity contribution in [2.75, 3.05) is 7.11 Å². The molecular weight excluding hydrogens is 334 g/mol. The number of halogens is 2. The molecule has 0 saturated carbocycles. The largest absolute Gasteiger partial charge is 0.480 e. The molecule has 1 aliphatic heterocycles. The molecule has 130 valence electrons. The SMILES string of the molecule is COc1ccc(CN2C(=O)NC(C)(c3c(F)cccc3F)C2=O)nn1. The van der Waals surface area contributed by atoms with E-state index in [2.05, 4.69) is 15.5 Å². The molecule has 1 saturated heterocycles. The van der Waals surface area contributed by atoms with Crippen LogP contribution in [0.5, 0.6) is 5.88 Å². The van der Waals surface area contributed by atoms with Gasteiger partial charge in [-0.05, 0) is 25.1 Å². The molecule has 0 spiro atoms. The van der Waals surface area contributed by atoms with Crippen LogP contribution >= 0.6 is 0 Å². The summed E-state index contributed by atoms with van der Waals surface area (Å²) in [7, 11) is 1.43. The number of urea groups is 1. The van der Waals surface area contributed by atoms with E-state index in [-0.39, 0.29) is 12.4 Å². The number of nitrogens with zero attached hydrogens (tertiary/aromatic N) is 3. The second kappa shape index (κ2) is 6.08. The summed E-state index contributed by atoms with van der Waals surface area (Å²) in [5.41, 5.74) is -2.02. The summed E-state index contributed by atoms with van der Waals surface area (Å²) in [6.45, 7) is 1.07. The highest BCUT2D eigenvalue weighted by Crippen LogP contribution is 2.33. The van der Waals surface area contributed by atoms with Crippen molar-refractivity contribution in [2.45, 2.75) is 19.0 Å². The molecule has 3 rings (SSSR count). The van der Waals surface area contributed by atoms with E-state index < -0.39 is 34.7 Å². The minimum atomic E-state index is -1.84. The summed E-state index contributed by atoms with van der Waals surface area (Å²) < 4.78 is 33.1. The van der Waals surface area contributed by atoms with Crippen molar-refractivity contribution in [1.29, 1.82) is 0 Å². The molecule has 0 radical (unpaired) electrons. The van der Waals surface area contributed by atoms with Gasteiger partial charge in [0.05, 0.1) is 24.9 Å². The van der Waals surface area contributed by atoms with Gasteiger partial charge in [-0.1, -0.05) is 6.07 Å². The number of carbonyl (C=O) groups is 2. The van der Waals surface area contributed by atoms with Crippen molar-refractivity contribution >= 4 is 11.9 Å². The Bertz CT molecular complexity index is 824. The van der Waals surface area contributed by atoms with Crippen molar-refractivity contribution in [3.8, 4) is 5.88 Å². The maximum atomic E-state index is 14.1. The summed E-state index contributed by atoms with van der Waals surface area (Å²) in [5, 5.41) is 9.95. The van der Waals surface area contributed by atoms with E-state index in [4.69, 9.17) is 4.74 Å². The number of hydrogen-bond donors (Lipinski definition) is 1. The number of carbonyl (C=O) groups excluding carboxylic acids is 2. The maximum absolute atomic E-state index is 14.1. The van der Waals surface area contributed by atoms with E-state index in [9.17, 15) is 18.4 Å². The van der Waals surface area contributed by atoms with Crippen LogP contribution in [0, 0.1) is 11.6 Å². The monoisotopic (exact) mass is 348 g/mol. The van der Waals surface area contributed by atoms with Gasteiger partial charge in [0.1, 0.15) is 17.2 Å². The van der Waals surface area contributed by atoms with Crippen molar-refractivity contribution in [2.24, 2.45) is 0 Å². The van der Waals surface area contributed by atoms with Crippen LogP contribution in [-0.4, -0.2) is 34.1 Å². The minimum Gasteiger partial charge on any atom is -0.480 e. The number of aromatic nitrogens is 2. The fourth-order valence-electron chi connectivity index (χ4n) is 2.69. The normalized spacial score (nSPS) is 19.9. The first-order valence-corrected chi connectivity index (χ1v) is 7.32. The average molecular weight is 348 g/mol. The van der Waals surface area contributed by atoms with Crippen molar-refractivity contribution in [1.82, 2.24) is 20.4 Å². The van der Waals surface area contributed by atoms with Gasteiger partial charge in [0, 0.05) is 6.07 Å². The number of nitrogens with one attached hydrogen (secondary N) is 1. The minimum absolute atomic E-state index is 0.187. The molecular formula is C16H14F2N4O3. The van der Waals surface area contributed by atoms with Gasteiger partial charge in [0.25, 0.3) is 5.91 Å². The number of imide groups is 1. The van der Waals surface area contributed by atoms with Crippen molar-refractivity contribution in [3.05, 3.63) is 53.2 Å². The predicted molar refractivity (Wildman–Crippen MR) is 81.4 cm³/mol. The van der Waals surface area contributed by atoms with Crippen LogP contribution in [0.4, 0.5) is 13.6 Å². The lowest BCUT2D eigenvalue weighted by Gasteiger charge is -2.23. The van der Waals surface area contributed by atoms with Gasteiger partial charge in [-0.2, -0.15) is 0 Å². The van der Waals surface area contributed by atoms with Crippen LogP contribution in [0.3, 0.4) is 0 Å². The summed E-state index contributed by atoms with van der Waals surface area (Å²) in [4.78, 5) is 25.7. The molecule has 7 nitrogen and oxygen atoms in total. The van der Waals surface area contributed by atoms with Gasteiger partial charge in [0.15, 0.2) is 0 Å². The summed E-state index contributed by atoms with van der Waals surface area (Å²) in [5.74, 6) is -2.33. The number of amides is 3. The molecule has 1 unspecified atom stereocenters. The lowest BCUT2D eigenvalue weighted by atomic mass is 9.91. The topological polar surface area (TPSA) is 84.4 Å². The highest BCUT2D eigenvalue weighted by Gasteiger charge is 2.51. The first-order chi connectivity index (χ1) is 11.9. The Morgan fingerprint density at radius 2 is 1.84 bits per heavy atom. The number of ether oxygens (including phenoxy) is 1. The number of methoxy groups -OCH3 is 1. The van der Waals surface area contributed by atoms with E-state index in [0.29, 0.717) is 5.69 Å². The first-order valence-electron chi connectivity index (χ1n) is 7.32. The molecule has 2 aromatic rings. The molecule has 3 amide bonds. The Balaban J connectivity index is 1.91. The zero-order valence-corrected chi connectivity index (χ0v) is 13.4. The third-order valence-corrected chi connectivity index (χ3v) is 3.96. The highest BCUT2D eigenvalue weighted by molar-refractivity contribution is 6.07. The fraction of sp³-hybridized carbons (Fsp3) is 0.250. The summed E-state index contributed by atoms with van der Waals surface area (Å²) in [6, 6.07) is 5.53. The zero-order chi connectivity index (χ0) is 18.2. The molecule has 1 atom stereocenters. The molecule has 25 heavy (non-hydrogen) atoms. The second-order valence-corrected chi connectivity index (χ2v) is 5.61. The Morgan fingerprint density at radius 3 is 2.40 bits per heavy atom. The third-order valence-electron chi connectivity index (χ3n) is 3.96. The number of rotatable bonds is 4. The van der Waals surface area contributed by atoms with Gasteiger partial charge >= 0.3 is 6.03 Å². The van der Waals surface area contributed by atoms with Gasteiger partial charge < -0.3 is 10.1 Å². The lowest BCUT2D eigenvalue weighted by Crippen LogP contribution is -2.42. The average Bonchev–Trinajstić information content (AvgIpc) is 2.79. The number of hydrogen-bond acceptors (Lipinski definition) is 5. The first kappa shape index (κ1) is 16.7. The zero-order valence-electron chi connectivity index (χ0n) is 13.4. The van der Waals surface area contributed by atoms with Crippen LogP contribution in [-0.2, 0) is 16.9 Å². The molecule has 1 aliphatic rings. The Morgan fingerprint density at radius 1 is 1.16 bits per heavy atom.